The van der Waals surface area contributed by atoms with Crippen molar-refractivity contribution in [3.63, 3.8) is 0 Å². The summed E-state index contributed by atoms with van der Waals surface area (Å²) in [7, 11) is 3.52. The van der Waals surface area contributed by atoms with Crippen LogP contribution < -0.4 is 20.3 Å². The van der Waals surface area contributed by atoms with E-state index in [2.05, 4.69) is 51.5 Å². The molecule has 2 N–H and O–H groups in total. The van der Waals surface area contributed by atoms with E-state index in [1.54, 1.807) is 18.4 Å². The maximum absolute atomic E-state index is 5.34. The Morgan fingerprint density at radius 3 is 2.86 bits per heavy atom. The summed E-state index contributed by atoms with van der Waals surface area (Å²) < 4.78 is 5.34. The Labute approximate surface area is 188 Å². The van der Waals surface area contributed by atoms with E-state index in [1.165, 1.54) is 17.0 Å². The molecule has 1 aliphatic heterocycles. The van der Waals surface area contributed by atoms with Crippen LogP contribution in [0.1, 0.15) is 22.0 Å². The van der Waals surface area contributed by atoms with E-state index in [0.717, 1.165) is 42.0 Å². The minimum atomic E-state index is 0. The number of ether oxygens (including phenoxy) is 1. The van der Waals surface area contributed by atoms with Crippen molar-refractivity contribution in [3.05, 3.63) is 39.8 Å². The lowest BCUT2D eigenvalue weighted by Gasteiger charge is -2.20. The zero-order valence-corrected chi connectivity index (χ0v) is 20.1. The summed E-state index contributed by atoms with van der Waals surface area (Å²) in [6.07, 6.45) is 1.17. The van der Waals surface area contributed by atoms with Gasteiger partial charge in [0, 0.05) is 43.3 Å². The molecule has 6 nitrogen and oxygen atoms in total. The molecule has 1 saturated heterocycles. The first-order chi connectivity index (χ1) is 13.1. The van der Waals surface area contributed by atoms with Crippen LogP contribution in [0, 0.1) is 19.8 Å². The van der Waals surface area contributed by atoms with E-state index < -0.39 is 0 Å². The number of rotatable bonds is 6. The van der Waals surface area contributed by atoms with Gasteiger partial charge in [-0.15, -0.1) is 35.3 Å². The van der Waals surface area contributed by atoms with E-state index in [4.69, 9.17) is 4.74 Å². The van der Waals surface area contributed by atoms with E-state index in [-0.39, 0.29) is 24.0 Å². The van der Waals surface area contributed by atoms with Crippen LogP contribution in [0.3, 0.4) is 0 Å². The Bertz CT molecular complexity index is 775. The Hall–Kier alpha value is -1.55. The Morgan fingerprint density at radius 1 is 1.36 bits per heavy atom. The molecule has 0 spiro atoms. The molecule has 0 amide bonds. The van der Waals surface area contributed by atoms with Gasteiger partial charge in [0.25, 0.3) is 0 Å². The van der Waals surface area contributed by atoms with Gasteiger partial charge < -0.3 is 20.3 Å². The number of aryl methyl sites for hydroxylation is 2. The number of aromatic nitrogens is 1. The van der Waals surface area contributed by atoms with Gasteiger partial charge >= 0.3 is 0 Å². The molecule has 8 heteroatoms. The third-order valence-electron chi connectivity index (χ3n) is 4.97. The van der Waals surface area contributed by atoms with Gasteiger partial charge in [0.05, 0.1) is 19.3 Å². The molecule has 1 aliphatic rings. The molecule has 1 atom stereocenters. The molecule has 0 radical (unpaired) electrons. The Morgan fingerprint density at radius 2 is 2.18 bits per heavy atom. The standard InChI is InChI=1S/C20H29N5OS.HI/c1-14-15(2)27-19(24-14)12-23-20(21-3)22-11-16-8-9-25(13-16)17-6-5-7-18(10-17)26-4;/h5-7,10,16H,8-9,11-13H2,1-4H3,(H2,21,22,23);1H. The number of guanidine groups is 1. The van der Waals surface area contributed by atoms with E-state index in [0.29, 0.717) is 12.5 Å². The van der Waals surface area contributed by atoms with Gasteiger partial charge in [0.1, 0.15) is 10.8 Å². The summed E-state index contributed by atoms with van der Waals surface area (Å²) in [6.45, 7) is 7.90. The van der Waals surface area contributed by atoms with Crippen LogP contribution >= 0.6 is 35.3 Å². The van der Waals surface area contributed by atoms with Gasteiger partial charge in [0.2, 0.25) is 0 Å². The largest absolute Gasteiger partial charge is 0.497 e. The second-order valence-electron chi connectivity index (χ2n) is 6.86. The van der Waals surface area contributed by atoms with Gasteiger partial charge in [-0.25, -0.2) is 4.98 Å². The molecule has 0 bridgehead atoms. The van der Waals surface area contributed by atoms with Crippen LogP contribution in [-0.4, -0.2) is 44.7 Å². The number of methoxy groups -OCH3 is 1. The number of nitrogens with one attached hydrogen (secondary N) is 2. The van der Waals surface area contributed by atoms with Crippen molar-refractivity contribution < 1.29 is 4.74 Å². The van der Waals surface area contributed by atoms with Crippen molar-refractivity contribution in [2.75, 3.05) is 38.7 Å². The predicted molar refractivity (Wildman–Crippen MR) is 129 cm³/mol. The molecule has 0 saturated carbocycles. The van der Waals surface area contributed by atoms with Crippen molar-refractivity contribution >= 4 is 47.0 Å². The number of aliphatic imine (C=N–C) groups is 1. The summed E-state index contributed by atoms with van der Waals surface area (Å²) in [5.74, 6) is 2.34. The number of benzene rings is 1. The second-order valence-corrected chi connectivity index (χ2v) is 8.15. The topological polar surface area (TPSA) is 61.8 Å². The molecule has 2 heterocycles. The average Bonchev–Trinajstić information content (AvgIpc) is 3.28. The molecule has 3 rings (SSSR count). The molecule has 28 heavy (non-hydrogen) atoms. The number of halogens is 1. The van der Waals surface area contributed by atoms with Gasteiger partial charge in [-0.05, 0) is 38.3 Å². The van der Waals surface area contributed by atoms with E-state index >= 15 is 0 Å². The zero-order chi connectivity index (χ0) is 19.2. The molecule has 2 aromatic rings. The highest BCUT2D eigenvalue weighted by Crippen LogP contribution is 2.26. The van der Waals surface area contributed by atoms with E-state index in [1.807, 2.05) is 19.2 Å². The lowest BCUT2D eigenvalue weighted by Crippen LogP contribution is -2.39. The highest BCUT2D eigenvalue weighted by molar-refractivity contribution is 14.0. The number of hydrogen-bond donors (Lipinski definition) is 2. The highest BCUT2D eigenvalue weighted by atomic mass is 127. The fraction of sp³-hybridized carbons (Fsp3) is 0.500. The molecular weight excluding hydrogens is 485 g/mol. The summed E-state index contributed by atoms with van der Waals surface area (Å²) in [5.41, 5.74) is 2.34. The number of anilines is 1. The molecule has 0 aliphatic carbocycles. The highest BCUT2D eigenvalue weighted by Gasteiger charge is 2.23. The predicted octanol–water partition coefficient (Wildman–Crippen LogP) is 3.58. The maximum Gasteiger partial charge on any atom is 0.191 e. The molecule has 1 aromatic carbocycles. The monoisotopic (exact) mass is 515 g/mol. The average molecular weight is 515 g/mol. The van der Waals surface area contributed by atoms with Crippen LogP contribution in [0.25, 0.3) is 0 Å². The van der Waals surface area contributed by atoms with Crippen LogP contribution in [0.2, 0.25) is 0 Å². The summed E-state index contributed by atoms with van der Waals surface area (Å²) in [4.78, 5) is 12.6. The van der Waals surface area contributed by atoms with E-state index in [9.17, 15) is 0 Å². The molecule has 1 aromatic heterocycles. The second kappa shape index (κ2) is 10.8. The first kappa shape index (κ1) is 22.7. The third kappa shape index (κ3) is 5.97. The lowest BCUT2D eigenvalue weighted by molar-refractivity contribution is 0.415. The lowest BCUT2D eigenvalue weighted by atomic mass is 10.1. The molecule has 1 unspecified atom stereocenters. The first-order valence-corrected chi connectivity index (χ1v) is 10.2. The first-order valence-electron chi connectivity index (χ1n) is 9.35. The molecule has 1 fully saturated rings. The van der Waals surface area contributed by atoms with Gasteiger partial charge in [0.15, 0.2) is 5.96 Å². The molecular formula is C20H30IN5OS. The van der Waals surface area contributed by atoms with Gasteiger partial charge in [-0.1, -0.05) is 6.07 Å². The fourth-order valence-electron chi connectivity index (χ4n) is 3.28. The normalized spacial score (nSPS) is 16.6. The summed E-state index contributed by atoms with van der Waals surface area (Å²) in [6, 6.07) is 8.29. The minimum Gasteiger partial charge on any atom is -0.497 e. The van der Waals surface area contributed by atoms with Crippen LogP contribution in [0.5, 0.6) is 5.75 Å². The Balaban J connectivity index is 0.00000280. The summed E-state index contributed by atoms with van der Waals surface area (Å²) >= 11 is 1.74. The van der Waals surface area contributed by atoms with Crippen molar-refractivity contribution in [1.29, 1.82) is 0 Å². The van der Waals surface area contributed by atoms with Crippen LogP contribution in [0.15, 0.2) is 29.3 Å². The Kier molecular flexibility index (Phi) is 8.81. The van der Waals surface area contributed by atoms with Crippen molar-refractivity contribution in [3.8, 4) is 5.75 Å². The number of nitrogens with zero attached hydrogens (tertiary/aromatic N) is 3. The quantitative estimate of drug-likeness (QED) is 0.350. The minimum absolute atomic E-state index is 0. The third-order valence-corrected chi connectivity index (χ3v) is 6.04. The summed E-state index contributed by atoms with van der Waals surface area (Å²) in [5, 5.41) is 7.92. The van der Waals surface area contributed by atoms with Crippen LogP contribution in [-0.2, 0) is 6.54 Å². The van der Waals surface area contributed by atoms with Crippen LogP contribution in [0.4, 0.5) is 5.69 Å². The fourth-order valence-corrected chi connectivity index (χ4v) is 4.15. The number of hydrogen-bond acceptors (Lipinski definition) is 5. The zero-order valence-electron chi connectivity index (χ0n) is 17.0. The molecule has 154 valence electrons. The smallest absolute Gasteiger partial charge is 0.191 e. The maximum atomic E-state index is 5.34. The SMILES string of the molecule is CN=C(NCc1nc(C)c(C)s1)NCC1CCN(c2cccc(OC)c2)C1.I. The van der Waals surface area contributed by atoms with Crippen molar-refractivity contribution in [2.24, 2.45) is 10.9 Å². The van der Waals surface area contributed by atoms with Gasteiger partial charge in [-0.2, -0.15) is 0 Å². The van der Waals surface area contributed by atoms with Gasteiger partial charge in [-0.3, -0.25) is 4.99 Å². The van der Waals surface area contributed by atoms with Crippen molar-refractivity contribution in [1.82, 2.24) is 15.6 Å². The van der Waals surface area contributed by atoms with Crippen molar-refractivity contribution in [2.45, 2.75) is 26.8 Å². The number of thiazole rings is 1.